The molecule has 1 spiro atoms. The van der Waals surface area contributed by atoms with E-state index in [0.717, 1.165) is 36.8 Å². The summed E-state index contributed by atoms with van der Waals surface area (Å²) in [6, 6.07) is 14.0. The van der Waals surface area contributed by atoms with Gasteiger partial charge in [0.25, 0.3) is 0 Å². The second-order valence-electron chi connectivity index (χ2n) is 11.0. The second-order valence-corrected chi connectivity index (χ2v) is 11.4. The first kappa shape index (κ1) is 25.1. The van der Waals surface area contributed by atoms with Crippen molar-refractivity contribution in [1.29, 1.82) is 0 Å². The van der Waals surface area contributed by atoms with Crippen molar-refractivity contribution in [2.45, 2.75) is 69.4 Å². The number of hydrogen-bond acceptors (Lipinski definition) is 4. The van der Waals surface area contributed by atoms with Crippen molar-refractivity contribution in [3.05, 3.63) is 76.8 Å². The summed E-state index contributed by atoms with van der Waals surface area (Å²) in [5.41, 5.74) is 1.46. The number of ether oxygens (including phenoxy) is 1. The van der Waals surface area contributed by atoms with E-state index in [4.69, 9.17) is 16.3 Å². The van der Waals surface area contributed by atoms with Gasteiger partial charge in [-0.1, -0.05) is 72.8 Å². The van der Waals surface area contributed by atoms with Gasteiger partial charge < -0.3 is 20.3 Å². The minimum Gasteiger partial charge on any atom is -0.359 e. The van der Waals surface area contributed by atoms with Gasteiger partial charge >= 0.3 is 0 Å². The third kappa shape index (κ3) is 4.31. The molecule has 3 fully saturated rings. The van der Waals surface area contributed by atoms with E-state index in [1.807, 2.05) is 43.3 Å². The van der Waals surface area contributed by atoms with Gasteiger partial charge in [0.2, 0.25) is 17.7 Å². The molecule has 1 aliphatic carbocycles. The Balaban J connectivity index is 1.32. The van der Waals surface area contributed by atoms with Gasteiger partial charge in [-0.25, -0.2) is 0 Å². The number of nitrogens with one attached hydrogen (secondary N) is 2. The molecule has 7 nitrogen and oxygen atoms in total. The number of rotatable bonds is 6. The fourth-order valence-electron chi connectivity index (χ4n) is 6.61. The van der Waals surface area contributed by atoms with Crippen molar-refractivity contribution in [1.82, 2.24) is 10.2 Å². The highest BCUT2D eigenvalue weighted by Crippen LogP contribution is 2.55. The Morgan fingerprint density at radius 3 is 2.45 bits per heavy atom. The molecule has 2 aromatic carbocycles. The van der Waals surface area contributed by atoms with Crippen molar-refractivity contribution in [3.8, 4) is 0 Å². The molecule has 0 radical (unpaired) electrons. The number of aryl methyl sites for hydroxylation is 1. The zero-order valence-corrected chi connectivity index (χ0v) is 22.1. The number of fused-ring (bicyclic) bond motifs is 1. The Hall–Kier alpha value is -3.16. The lowest BCUT2D eigenvalue weighted by Gasteiger charge is -2.34. The third-order valence-corrected chi connectivity index (χ3v) is 8.71. The number of hydrogen-bond donors (Lipinski definition) is 2. The molecule has 2 saturated heterocycles. The van der Waals surface area contributed by atoms with Gasteiger partial charge in [0, 0.05) is 23.3 Å². The number of carbonyl (C=O) groups excluding carboxylic acids is 3. The van der Waals surface area contributed by atoms with E-state index >= 15 is 0 Å². The number of nitrogens with zero attached hydrogens (tertiary/aromatic N) is 1. The van der Waals surface area contributed by atoms with Crippen LogP contribution >= 0.6 is 11.6 Å². The van der Waals surface area contributed by atoms with Crippen LogP contribution in [0.15, 0.2) is 60.7 Å². The molecular formula is C30H32ClN3O4. The molecule has 8 heteroatoms. The highest BCUT2D eigenvalue weighted by atomic mass is 35.5. The standard InChI is InChI=1S/C30H32ClN3O4/c1-18-7-9-19(10-8-18)17-34-26(28(36)33-21-5-3-2-4-6-21)30-16-15-23(38-30)24(25(30)29(34)37)27(35)32-22-13-11-20(31)12-14-22/h7-16,21,23-26H,2-6,17H2,1H3,(H,32,35)(H,33,36)/t23-,24-,25-,26+,30+/m1/s1. The maximum Gasteiger partial charge on any atom is 0.246 e. The highest BCUT2D eigenvalue weighted by Gasteiger charge is 2.72. The monoisotopic (exact) mass is 533 g/mol. The van der Waals surface area contributed by atoms with E-state index in [-0.39, 0.29) is 30.3 Å². The Labute approximate surface area is 227 Å². The molecule has 6 rings (SSSR count). The number of carbonyl (C=O) groups is 3. The van der Waals surface area contributed by atoms with E-state index in [1.165, 1.54) is 6.42 Å². The van der Waals surface area contributed by atoms with Gasteiger partial charge in [0.15, 0.2) is 0 Å². The summed E-state index contributed by atoms with van der Waals surface area (Å²) >= 11 is 5.99. The molecule has 4 aliphatic rings. The number of amides is 3. The zero-order chi connectivity index (χ0) is 26.4. The molecule has 2 aromatic rings. The Morgan fingerprint density at radius 2 is 1.74 bits per heavy atom. The van der Waals surface area contributed by atoms with Gasteiger partial charge in [-0.05, 0) is 49.6 Å². The maximum absolute atomic E-state index is 14.1. The molecule has 2 bridgehead atoms. The van der Waals surface area contributed by atoms with Crippen LogP contribution in [0.2, 0.25) is 5.02 Å². The van der Waals surface area contributed by atoms with Crippen molar-refractivity contribution in [2.75, 3.05) is 5.32 Å². The summed E-state index contributed by atoms with van der Waals surface area (Å²) in [6.07, 6.45) is 8.35. The molecule has 1 saturated carbocycles. The van der Waals surface area contributed by atoms with E-state index in [9.17, 15) is 14.4 Å². The predicted octanol–water partition coefficient (Wildman–Crippen LogP) is 4.39. The van der Waals surface area contributed by atoms with Gasteiger partial charge in [0.1, 0.15) is 11.6 Å². The molecule has 0 aromatic heterocycles. The fraction of sp³-hybridized carbons (Fsp3) is 0.433. The maximum atomic E-state index is 14.1. The number of likely N-dealkylation sites (tertiary alicyclic amines) is 1. The lowest BCUT2D eigenvalue weighted by molar-refractivity contribution is -0.142. The SMILES string of the molecule is Cc1ccc(CN2C(=O)[C@H]3[C@H](C(=O)Nc4ccc(Cl)cc4)[C@H]4C=C[C@@]3(O4)[C@@H]2C(=O)NC2CCCCC2)cc1. The van der Waals surface area contributed by atoms with Gasteiger partial charge in [-0.15, -0.1) is 0 Å². The summed E-state index contributed by atoms with van der Waals surface area (Å²) in [5, 5.41) is 6.72. The molecule has 38 heavy (non-hydrogen) atoms. The van der Waals surface area contributed by atoms with E-state index in [1.54, 1.807) is 29.2 Å². The minimum absolute atomic E-state index is 0.0922. The average molecular weight is 534 g/mol. The van der Waals surface area contributed by atoms with Crippen molar-refractivity contribution < 1.29 is 19.1 Å². The van der Waals surface area contributed by atoms with Crippen LogP contribution in [0.3, 0.4) is 0 Å². The lowest BCUT2D eigenvalue weighted by atomic mass is 9.74. The summed E-state index contributed by atoms with van der Waals surface area (Å²) < 4.78 is 6.44. The number of benzene rings is 2. The largest absolute Gasteiger partial charge is 0.359 e. The van der Waals surface area contributed by atoms with Crippen LogP contribution in [0.1, 0.15) is 43.2 Å². The zero-order valence-electron chi connectivity index (χ0n) is 21.4. The first-order valence-corrected chi connectivity index (χ1v) is 13.8. The summed E-state index contributed by atoms with van der Waals surface area (Å²) in [5.74, 6) is -2.25. The van der Waals surface area contributed by atoms with Gasteiger partial charge in [-0.3, -0.25) is 14.4 Å². The van der Waals surface area contributed by atoms with Crippen LogP contribution in [-0.2, 0) is 25.7 Å². The smallest absolute Gasteiger partial charge is 0.246 e. The topological polar surface area (TPSA) is 87.7 Å². The second kappa shape index (κ2) is 9.86. The lowest BCUT2D eigenvalue weighted by Crippen LogP contribution is -2.56. The van der Waals surface area contributed by atoms with Crippen LogP contribution in [0.5, 0.6) is 0 Å². The van der Waals surface area contributed by atoms with E-state index < -0.39 is 29.6 Å². The molecule has 3 aliphatic heterocycles. The van der Waals surface area contributed by atoms with Crippen molar-refractivity contribution in [3.63, 3.8) is 0 Å². The first-order chi connectivity index (χ1) is 18.4. The van der Waals surface area contributed by atoms with Crippen molar-refractivity contribution >= 4 is 35.0 Å². The van der Waals surface area contributed by atoms with Gasteiger partial charge in [-0.2, -0.15) is 0 Å². The van der Waals surface area contributed by atoms with Crippen LogP contribution < -0.4 is 10.6 Å². The predicted molar refractivity (Wildman–Crippen MR) is 144 cm³/mol. The number of anilines is 1. The molecule has 0 unspecified atom stereocenters. The first-order valence-electron chi connectivity index (χ1n) is 13.5. The van der Waals surface area contributed by atoms with Crippen LogP contribution in [0.4, 0.5) is 5.69 Å². The summed E-state index contributed by atoms with van der Waals surface area (Å²) in [6.45, 7) is 2.28. The molecule has 3 amide bonds. The molecular weight excluding hydrogens is 502 g/mol. The van der Waals surface area contributed by atoms with Crippen molar-refractivity contribution in [2.24, 2.45) is 11.8 Å². The van der Waals surface area contributed by atoms with Crippen LogP contribution in [0.25, 0.3) is 0 Å². The Morgan fingerprint density at radius 1 is 1.03 bits per heavy atom. The Kier molecular flexibility index (Phi) is 6.52. The average Bonchev–Trinajstić information content (AvgIpc) is 3.55. The number of halogens is 1. The quantitative estimate of drug-likeness (QED) is 0.539. The third-order valence-electron chi connectivity index (χ3n) is 8.46. The summed E-state index contributed by atoms with van der Waals surface area (Å²) in [4.78, 5) is 43.2. The van der Waals surface area contributed by atoms with E-state index in [2.05, 4.69) is 10.6 Å². The molecule has 3 heterocycles. The molecule has 5 atom stereocenters. The molecule has 2 N–H and O–H groups in total. The van der Waals surface area contributed by atoms with Crippen LogP contribution in [-0.4, -0.2) is 46.4 Å². The van der Waals surface area contributed by atoms with E-state index in [0.29, 0.717) is 10.7 Å². The fourth-order valence-corrected chi connectivity index (χ4v) is 6.74. The normalized spacial score (nSPS) is 29.9. The Bertz CT molecular complexity index is 1270. The van der Waals surface area contributed by atoms with Crippen LogP contribution in [0, 0.1) is 18.8 Å². The minimum atomic E-state index is -1.17. The highest BCUT2D eigenvalue weighted by molar-refractivity contribution is 6.30. The molecule has 198 valence electrons. The summed E-state index contributed by atoms with van der Waals surface area (Å²) in [7, 11) is 0. The van der Waals surface area contributed by atoms with Gasteiger partial charge in [0.05, 0.1) is 17.9 Å².